The number of nitro groups is 1. The summed E-state index contributed by atoms with van der Waals surface area (Å²) in [4.78, 5) is 38.6. The summed E-state index contributed by atoms with van der Waals surface area (Å²) in [7, 11) is 0. The molecule has 0 unspecified atom stereocenters. The number of anilines is 1. The summed E-state index contributed by atoms with van der Waals surface area (Å²) in [6.07, 6.45) is 3.99. The van der Waals surface area contributed by atoms with E-state index < -0.39 is 16.7 Å². The van der Waals surface area contributed by atoms with Crippen LogP contribution in [0.3, 0.4) is 0 Å². The first-order chi connectivity index (χ1) is 15.4. The maximum Gasteiger partial charge on any atom is 0.313 e. The number of hydrogen-bond donors (Lipinski definition) is 2. The maximum absolute atomic E-state index is 12.2. The van der Waals surface area contributed by atoms with Gasteiger partial charge in [0.05, 0.1) is 10.6 Å². The van der Waals surface area contributed by atoms with E-state index in [4.69, 9.17) is 0 Å². The molecule has 9 heteroatoms. The lowest BCUT2D eigenvalue weighted by molar-refractivity contribution is -0.384. The Morgan fingerprint density at radius 2 is 1.88 bits per heavy atom. The average Bonchev–Trinajstić information content (AvgIpc) is 2.80. The lowest BCUT2D eigenvalue weighted by Gasteiger charge is -2.32. The molecule has 1 saturated heterocycles. The summed E-state index contributed by atoms with van der Waals surface area (Å²) >= 11 is 1.76. The zero-order valence-corrected chi connectivity index (χ0v) is 19.1. The molecule has 0 spiro atoms. The van der Waals surface area contributed by atoms with E-state index >= 15 is 0 Å². The van der Waals surface area contributed by atoms with Gasteiger partial charge in [0.1, 0.15) is 0 Å². The van der Waals surface area contributed by atoms with Crippen molar-refractivity contribution in [2.45, 2.75) is 31.2 Å². The second-order valence-corrected chi connectivity index (χ2v) is 8.80. The Morgan fingerprint density at radius 1 is 1.16 bits per heavy atom. The summed E-state index contributed by atoms with van der Waals surface area (Å²) < 4.78 is 0. The van der Waals surface area contributed by atoms with E-state index in [1.165, 1.54) is 28.7 Å². The highest BCUT2D eigenvalue weighted by atomic mass is 32.2. The van der Waals surface area contributed by atoms with Crippen LogP contribution in [0, 0.1) is 23.0 Å². The van der Waals surface area contributed by atoms with Crippen LogP contribution in [0.4, 0.5) is 11.4 Å². The standard InChI is InChI=1S/C23H28N4O4S/c1-16-7-8-19(27(30)31)13-20(16)25-23(29)22(28)24-14-17-9-11-26(12-10-17)15-18-5-3-4-6-21(18)32-2/h3-8,13,17H,9-12,14-15H2,1-2H3,(H,24,28)(H,25,29). The van der Waals surface area contributed by atoms with Gasteiger partial charge in [-0.3, -0.25) is 24.6 Å². The Kier molecular flexibility index (Phi) is 8.24. The molecule has 8 nitrogen and oxygen atoms in total. The van der Waals surface area contributed by atoms with E-state index in [1.54, 1.807) is 18.7 Å². The molecule has 0 bridgehead atoms. The van der Waals surface area contributed by atoms with E-state index in [-0.39, 0.29) is 11.4 Å². The number of likely N-dealkylation sites (tertiary alicyclic amines) is 1. The SMILES string of the molecule is CSc1ccccc1CN1CCC(CNC(=O)C(=O)Nc2cc([N+](=O)[O-])ccc2C)CC1. The van der Waals surface area contributed by atoms with E-state index in [9.17, 15) is 19.7 Å². The van der Waals surface area contributed by atoms with Crippen LogP contribution < -0.4 is 10.6 Å². The molecule has 2 aromatic rings. The number of nitrogens with zero attached hydrogens (tertiary/aromatic N) is 2. The fourth-order valence-corrected chi connectivity index (χ4v) is 4.39. The van der Waals surface area contributed by atoms with Crippen LogP contribution in [0.15, 0.2) is 47.4 Å². The van der Waals surface area contributed by atoms with E-state index in [0.717, 1.165) is 32.5 Å². The molecule has 3 rings (SSSR count). The smallest absolute Gasteiger partial charge is 0.313 e. The van der Waals surface area contributed by atoms with Gasteiger partial charge in [-0.2, -0.15) is 0 Å². The van der Waals surface area contributed by atoms with E-state index in [0.29, 0.717) is 18.0 Å². The number of nitro benzene ring substituents is 1. The van der Waals surface area contributed by atoms with Crippen molar-refractivity contribution in [3.8, 4) is 0 Å². The second-order valence-electron chi connectivity index (χ2n) is 7.95. The van der Waals surface area contributed by atoms with Crippen LogP contribution in [-0.4, -0.2) is 47.5 Å². The summed E-state index contributed by atoms with van der Waals surface area (Å²) in [5.41, 5.74) is 2.10. The predicted molar refractivity (Wildman–Crippen MR) is 126 cm³/mol. The van der Waals surface area contributed by atoms with Gasteiger partial charge in [0, 0.05) is 30.1 Å². The number of amides is 2. The minimum Gasteiger partial charge on any atom is -0.348 e. The quantitative estimate of drug-likeness (QED) is 0.286. The van der Waals surface area contributed by atoms with Crippen LogP contribution in [0.1, 0.15) is 24.0 Å². The highest BCUT2D eigenvalue weighted by Gasteiger charge is 2.22. The predicted octanol–water partition coefficient (Wildman–Crippen LogP) is 3.59. The summed E-state index contributed by atoms with van der Waals surface area (Å²) in [6, 6.07) is 12.6. The average molecular weight is 457 g/mol. The minimum absolute atomic E-state index is 0.141. The zero-order chi connectivity index (χ0) is 23.1. The molecule has 2 aromatic carbocycles. The van der Waals surface area contributed by atoms with Crippen molar-refractivity contribution >= 4 is 35.0 Å². The van der Waals surface area contributed by atoms with Gasteiger partial charge >= 0.3 is 11.8 Å². The van der Waals surface area contributed by atoms with E-state index in [1.807, 2.05) is 0 Å². The number of aryl methyl sites for hydroxylation is 1. The molecule has 170 valence electrons. The Labute approximate surface area is 191 Å². The fourth-order valence-electron chi connectivity index (χ4n) is 3.78. The number of carbonyl (C=O) groups is 2. The molecule has 0 aliphatic carbocycles. The topological polar surface area (TPSA) is 105 Å². The molecule has 32 heavy (non-hydrogen) atoms. The van der Waals surface area contributed by atoms with Crippen molar-refractivity contribution < 1.29 is 14.5 Å². The van der Waals surface area contributed by atoms with Gasteiger partial charge in [-0.1, -0.05) is 24.3 Å². The molecule has 1 aliphatic heterocycles. The third-order valence-electron chi connectivity index (χ3n) is 5.73. The van der Waals surface area contributed by atoms with Gasteiger partial charge in [0.2, 0.25) is 0 Å². The molecule has 1 aliphatic rings. The molecule has 0 aromatic heterocycles. The van der Waals surface area contributed by atoms with Crippen LogP contribution in [0.25, 0.3) is 0 Å². The number of nitrogens with one attached hydrogen (secondary N) is 2. The van der Waals surface area contributed by atoms with E-state index in [2.05, 4.69) is 46.1 Å². The summed E-state index contributed by atoms with van der Waals surface area (Å²) in [6.45, 7) is 4.96. The molecule has 0 radical (unpaired) electrons. The molecule has 1 fully saturated rings. The number of thioether (sulfide) groups is 1. The van der Waals surface area contributed by atoms with Gasteiger partial charge in [-0.25, -0.2) is 0 Å². The monoisotopic (exact) mass is 456 g/mol. The van der Waals surface area contributed by atoms with Crippen LogP contribution in [-0.2, 0) is 16.1 Å². The van der Waals surface area contributed by atoms with Crippen molar-refractivity contribution in [3.05, 3.63) is 63.7 Å². The Hall–Kier alpha value is -2.91. The van der Waals surface area contributed by atoms with Gasteiger partial charge in [-0.15, -0.1) is 11.8 Å². The lowest BCUT2D eigenvalue weighted by Crippen LogP contribution is -2.41. The summed E-state index contributed by atoms with van der Waals surface area (Å²) in [5, 5.41) is 16.1. The molecule has 1 heterocycles. The van der Waals surface area contributed by atoms with Crippen LogP contribution in [0.5, 0.6) is 0 Å². The number of rotatable bonds is 7. The van der Waals surface area contributed by atoms with Crippen molar-refractivity contribution in [1.82, 2.24) is 10.2 Å². The molecule has 2 amide bonds. The molecular formula is C23H28N4O4S. The Bertz CT molecular complexity index is 990. The van der Waals surface area contributed by atoms with Gasteiger partial charge in [0.25, 0.3) is 5.69 Å². The number of carbonyl (C=O) groups excluding carboxylic acids is 2. The lowest BCUT2D eigenvalue weighted by atomic mass is 9.96. The molecule has 0 saturated carbocycles. The van der Waals surface area contributed by atoms with Gasteiger partial charge in [0.15, 0.2) is 0 Å². The van der Waals surface area contributed by atoms with Crippen molar-refractivity contribution in [2.24, 2.45) is 5.92 Å². The summed E-state index contributed by atoms with van der Waals surface area (Å²) in [5.74, 6) is -1.23. The van der Waals surface area contributed by atoms with Crippen LogP contribution in [0.2, 0.25) is 0 Å². The molecule has 2 N–H and O–H groups in total. The van der Waals surface area contributed by atoms with Crippen molar-refractivity contribution in [2.75, 3.05) is 31.2 Å². The first kappa shape index (κ1) is 23.7. The normalized spacial score (nSPS) is 14.7. The second kappa shape index (κ2) is 11.1. The van der Waals surface area contributed by atoms with Gasteiger partial charge in [-0.05, 0) is 62.2 Å². The van der Waals surface area contributed by atoms with Crippen molar-refractivity contribution in [3.63, 3.8) is 0 Å². The van der Waals surface area contributed by atoms with Crippen molar-refractivity contribution in [1.29, 1.82) is 0 Å². The maximum atomic E-state index is 12.2. The number of benzene rings is 2. The zero-order valence-electron chi connectivity index (χ0n) is 18.3. The minimum atomic E-state index is -0.820. The third kappa shape index (κ3) is 6.30. The number of piperidine rings is 1. The number of non-ortho nitro benzene ring substituents is 1. The van der Waals surface area contributed by atoms with Gasteiger partial charge < -0.3 is 10.6 Å². The first-order valence-corrected chi connectivity index (χ1v) is 11.8. The molecule has 0 atom stereocenters. The Balaban J connectivity index is 1.44. The number of hydrogen-bond acceptors (Lipinski definition) is 6. The highest BCUT2D eigenvalue weighted by Crippen LogP contribution is 2.24. The largest absolute Gasteiger partial charge is 0.348 e. The highest BCUT2D eigenvalue weighted by molar-refractivity contribution is 7.98. The fraction of sp³-hybridized carbons (Fsp3) is 0.391. The first-order valence-electron chi connectivity index (χ1n) is 10.6. The Morgan fingerprint density at radius 3 is 2.56 bits per heavy atom. The molecular weight excluding hydrogens is 428 g/mol. The van der Waals surface area contributed by atoms with Crippen LogP contribution >= 0.6 is 11.8 Å². The third-order valence-corrected chi connectivity index (χ3v) is 6.57.